The molecule has 2 rings (SSSR count). The Bertz CT molecular complexity index is 606. The molecule has 0 amide bonds. The van der Waals surface area contributed by atoms with Gasteiger partial charge in [0.25, 0.3) is 0 Å². The summed E-state index contributed by atoms with van der Waals surface area (Å²) in [5, 5.41) is 6.12. The van der Waals surface area contributed by atoms with Crippen LogP contribution in [0.3, 0.4) is 0 Å². The number of nitrogens with zero attached hydrogens (tertiary/aromatic N) is 1. The van der Waals surface area contributed by atoms with Crippen molar-refractivity contribution in [2.45, 2.75) is 0 Å². The molecule has 1 heterocycles. The first-order valence-electron chi connectivity index (χ1n) is 5.97. The first-order valence-corrected chi connectivity index (χ1v) is 6.85. The van der Waals surface area contributed by atoms with Gasteiger partial charge in [0.05, 0.1) is 5.69 Å². The molecule has 3 heteroatoms. The monoisotopic (exact) mass is 268 g/mol. The summed E-state index contributed by atoms with van der Waals surface area (Å²) in [6, 6.07) is 8.22. The lowest BCUT2D eigenvalue weighted by Crippen LogP contribution is -1.87. The number of hydrogen-bond donors (Lipinski definition) is 1. The third-order valence-electron chi connectivity index (χ3n) is 2.74. The molecule has 0 saturated heterocycles. The van der Waals surface area contributed by atoms with Crippen LogP contribution in [0.1, 0.15) is 5.01 Å². The van der Waals surface area contributed by atoms with Gasteiger partial charge in [-0.2, -0.15) is 0 Å². The Morgan fingerprint density at radius 3 is 2.58 bits per heavy atom. The van der Waals surface area contributed by atoms with Gasteiger partial charge in [0.1, 0.15) is 5.01 Å². The van der Waals surface area contributed by atoms with Crippen LogP contribution in [0, 0.1) is 0 Å². The highest BCUT2D eigenvalue weighted by Crippen LogP contribution is 2.27. The lowest BCUT2D eigenvalue weighted by molar-refractivity contribution is 1.37. The van der Waals surface area contributed by atoms with Gasteiger partial charge in [-0.3, -0.25) is 0 Å². The van der Waals surface area contributed by atoms with E-state index in [0.717, 1.165) is 27.5 Å². The molecular formula is C16H16N2S. The average molecular weight is 268 g/mol. The third-order valence-corrected chi connectivity index (χ3v) is 3.63. The van der Waals surface area contributed by atoms with Crippen LogP contribution < -0.4 is 5.32 Å². The minimum atomic E-state index is 0.961. The Morgan fingerprint density at radius 1 is 1.26 bits per heavy atom. The van der Waals surface area contributed by atoms with E-state index >= 15 is 0 Å². The maximum Gasteiger partial charge on any atom is 0.124 e. The van der Waals surface area contributed by atoms with Crippen molar-refractivity contribution in [1.29, 1.82) is 0 Å². The molecule has 0 unspecified atom stereocenters. The van der Waals surface area contributed by atoms with E-state index in [4.69, 9.17) is 0 Å². The Balaban J connectivity index is 2.31. The Hall–Kier alpha value is -2.13. The minimum Gasteiger partial charge on any atom is -0.388 e. The van der Waals surface area contributed by atoms with Crippen LogP contribution in [0.15, 0.2) is 61.0 Å². The van der Waals surface area contributed by atoms with Crippen LogP contribution in [0.2, 0.25) is 0 Å². The van der Waals surface area contributed by atoms with Crippen LogP contribution in [-0.2, 0) is 0 Å². The van der Waals surface area contributed by atoms with Crippen LogP contribution in [0.5, 0.6) is 0 Å². The molecule has 1 N–H and O–H groups in total. The van der Waals surface area contributed by atoms with Crippen LogP contribution in [0.4, 0.5) is 5.69 Å². The highest BCUT2D eigenvalue weighted by Gasteiger charge is 2.06. The number of anilines is 1. The zero-order valence-electron chi connectivity index (χ0n) is 10.9. The van der Waals surface area contributed by atoms with Crippen molar-refractivity contribution < 1.29 is 0 Å². The van der Waals surface area contributed by atoms with Crippen molar-refractivity contribution in [2.75, 3.05) is 12.4 Å². The molecule has 0 aliphatic rings. The predicted octanol–water partition coefficient (Wildman–Crippen LogP) is 4.61. The van der Waals surface area contributed by atoms with E-state index in [9.17, 15) is 0 Å². The van der Waals surface area contributed by atoms with E-state index in [1.807, 2.05) is 25.3 Å². The molecule has 0 fully saturated rings. The number of benzene rings is 1. The highest BCUT2D eigenvalue weighted by molar-refractivity contribution is 7.11. The topological polar surface area (TPSA) is 24.9 Å². The fourth-order valence-electron chi connectivity index (χ4n) is 1.70. The quantitative estimate of drug-likeness (QED) is 0.801. The van der Waals surface area contributed by atoms with E-state index in [0.29, 0.717) is 0 Å². The highest BCUT2D eigenvalue weighted by atomic mass is 32.1. The molecule has 0 aliphatic heterocycles. The second-order valence-corrected chi connectivity index (χ2v) is 4.79. The summed E-state index contributed by atoms with van der Waals surface area (Å²) in [4.78, 5) is 4.64. The van der Waals surface area contributed by atoms with Gasteiger partial charge in [-0.25, -0.2) is 4.98 Å². The summed E-state index contributed by atoms with van der Waals surface area (Å²) >= 11 is 1.61. The van der Waals surface area contributed by atoms with Crippen molar-refractivity contribution in [3.05, 3.63) is 66.0 Å². The van der Waals surface area contributed by atoms with E-state index in [2.05, 4.69) is 41.0 Å². The maximum absolute atomic E-state index is 4.64. The maximum atomic E-state index is 4.64. The lowest BCUT2D eigenvalue weighted by Gasteiger charge is -2.01. The SMILES string of the molecule is C=C/C=C(\C=C)c1nc(-c2ccc(NC)cc2)cs1. The number of allylic oxidation sites excluding steroid dienone is 4. The van der Waals surface area contributed by atoms with Gasteiger partial charge < -0.3 is 5.32 Å². The normalized spacial score (nSPS) is 11.1. The lowest BCUT2D eigenvalue weighted by atomic mass is 10.1. The van der Waals surface area contributed by atoms with Crippen molar-refractivity contribution in [3.8, 4) is 11.3 Å². The zero-order chi connectivity index (χ0) is 13.7. The summed E-state index contributed by atoms with van der Waals surface area (Å²) in [6.07, 6.45) is 5.47. The summed E-state index contributed by atoms with van der Waals surface area (Å²) in [6.45, 7) is 7.51. The smallest absolute Gasteiger partial charge is 0.124 e. The van der Waals surface area contributed by atoms with Gasteiger partial charge in [0, 0.05) is 29.3 Å². The van der Waals surface area contributed by atoms with Crippen molar-refractivity contribution in [1.82, 2.24) is 4.98 Å². The van der Waals surface area contributed by atoms with Crippen LogP contribution >= 0.6 is 11.3 Å². The second-order valence-electron chi connectivity index (χ2n) is 3.93. The Kier molecular flexibility index (Phi) is 4.31. The molecule has 0 saturated carbocycles. The van der Waals surface area contributed by atoms with E-state index in [1.54, 1.807) is 23.5 Å². The predicted molar refractivity (Wildman–Crippen MR) is 85.5 cm³/mol. The fourth-order valence-corrected chi connectivity index (χ4v) is 2.55. The number of nitrogens with one attached hydrogen (secondary N) is 1. The molecule has 19 heavy (non-hydrogen) atoms. The molecule has 2 nitrogen and oxygen atoms in total. The summed E-state index contributed by atoms with van der Waals surface area (Å²) < 4.78 is 0. The average Bonchev–Trinajstić information content (AvgIpc) is 2.94. The summed E-state index contributed by atoms with van der Waals surface area (Å²) in [5.74, 6) is 0. The standard InChI is InChI=1S/C16H16N2S/c1-4-6-12(5-2)16-18-15(11-19-16)13-7-9-14(17-3)10-8-13/h4-11,17H,1-2H2,3H3/b12-6+. The van der Waals surface area contributed by atoms with Gasteiger partial charge in [-0.15, -0.1) is 11.3 Å². The number of hydrogen-bond acceptors (Lipinski definition) is 3. The molecule has 2 aromatic rings. The Labute approximate surface area is 117 Å². The van der Waals surface area contributed by atoms with Crippen molar-refractivity contribution >= 4 is 22.6 Å². The molecule has 0 spiro atoms. The van der Waals surface area contributed by atoms with E-state index in [-0.39, 0.29) is 0 Å². The van der Waals surface area contributed by atoms with E-state index < -0.39 is 0 Å². The van der Waals surface area contributed by atoms with Gasteiger partial charge in [0.15, 0.2) is 0 Å². The minimum absolute atomic E-state index is 0.961. The van der Waals surface area contributed by atoms with Gasteiger partial charge in [-0.1, -0.05) is 43.5 Å². The second kappa shape index (κ2) is 6.16. The zero-order valence-corrected chi connectivity index (χ0v) is 11.7. The number of rotatable bonds is 5. The summed E-state index contributed by atoms with van der Waals surface area (Å²) in [5.41, 5.74) is 4.19. The molecule has 0 atom stereocenters. The number of thiazole rings is 1. The molecule has 0 aliphatic carbocycles. The molecule has 1 aromatic heterocycles. The van der Waals surface area contributed by atoms with Crippen LogP contribution in [0.25, 0.3) is 16.8 Å². The van der Waals surface area contributed by atoms with Crippen LogP contribution in [-0.4, -0.2) is 12.0 Å². The number of aromatic nitrogens is 1. The third kappa shape index (κ3) is 3.01. The van der Waals surface area contributed by atoms with Gasteiger partial charge >= 0.3 is 0 Å². The van der Waals surface area contributed by atoms with Gasteiger partial charge in [0.2, 0.25) is 0 Å². The molecular weight excluding hydrogens is 252 g/mol. The largest absolute Gasteiger partial charge is 0.388 e. The first-order chi connectivity index (χ1) is 9.28. The first kappa shape index (κ1) is 13.3. The van der Waals surface area contributed by atoms with Crippen molar-refractivity contribution in [2.24, 2.45) is 0 Å². The molecule has 96 valence electrons. The fraction of sp³-hybridized carbons (Fsp3) is 0.0625. The van der Waals surface area contributed by atoms with E-state index in [1.165, 1.54) is 0 Å². The van der Waals surface area contributed by atoms with Gasteiger partial charge in [-0.05, 0) is 12.1 Å². The molecule has 0 radical (unpaired) electrons. The molecule has 1 aromatic carbocycles. The molecule has 0 bridgehead atoms. The van der Waals surface area contributed by atoms with Crippen molar-refractivity contribution in [3.63, 3.8) is 0 Å². The Morgan fingerprint density at radius 2 is 2.00 bits per heavy atom. The summed E-state index contributed by atoms with van der Waals surface area (Å²) in [7, 11) is 1.91.